The lowest BCUT2D eigenvalue weighted by Gasteiger charge is -2.27. The van der Waals surface area contributed by atoms with Crippen LogP contribution < -0.4 is 4.90 Å². The molecular weight excluding hydrogens is 615 g/mol. The maximum atomic E-state index is 6.39. The Hall–Kier alpha value is -6.16. The third-order valence-corrected chi connectivity index (χ3v) is 10.8. The van der Waals surface area contributed by atoms with E-state index in [0.717, 1.165) is 39.0 Å². The molecule has 49 heavy (non-hydrogen) atoms. The van der Waals surface area contributed by atoms with Gasteiger partial charge in [-0.15, -0.1) is 11.3 Å². The average molecular weight is 644 g/mol. The van der Waals surface area contributed by atoms with Gasteiger partial charge in [-0.1, -0.05) is 121 Å². The van der Waals surface area contributed by atoms with E-state index in [-0.39, 0.29) is 0 Å². The fourth-order valence-corrected chi connectivity index (χ4v) is 8.53. The molecule has 0 aliphatic carbocycles. The molecule has 2 nitrogen and oxygen atoms in total. The first-order chi connectivity index (χ1) is 24.3. The van der Waals surface area contributed by atoms with Gasteiger partial charge in [-0.2, -0.15) is 0 Å². The molecule has 0 spiro atoms. The van der Waals surface area contributed by atoms with Gasteiger partial charge in [0.1, 0.15) is 11.2 Å². The zero-order valence-corrected chi connectivity index (χ0v) is 27.3. The number of rotatable bonds is 5. The Labute approximate surface area is 287 Å². The highest BCUT2D eigenvalue weighted by Crippen LogP contribution is 2.45. The van der Waals surface area contributed by atoms with Crippen molar-refractivity contribution < 1.29 is 4.42 Å². The second kappa shape index (κ2) is 11.2. The molecule has 3 heteroatoms. The van der Waals surface area contributed by atoms with Gasteiger partial charge in [-0.25, -0.2) is 0 Å². The van der Waals surface area contributed by atoms with Crippen LogP contribution in [0.25, 0.3) is 75.1 Å². The van der Waals surface area contributed by atoms with Gasteiger partial charge < -0.3 is 9.32 Å². The van der Waals surface area contributed by atoms with Gasteiger partial charge in [0.25, 0.3) is 0 Å². The molecule has 10 aromatic rings. The highest BCUT2D eigenvalue weighted by atomic mass is 32.1. The minimum atomic E-state index is 0.875. The van der Waals surface area contributed by atoms with Crippen molar-refractivity contribution in [1.29, 1.82) is 0 Å². The summed E-state index contributed by atoms with van der Waals surface area (Å²) in [6.45, 7) is 0. The van der Waals surface area contributed by atoms with Crippen LogP contribution in [0.2, 0.25) is 0 Å². The van der Waals surface area contributed by atoms with Gasteiger partial charge >= 0.3 is 0 Å². The van der Waals surface area contributed by atoms with Gasteiger partial charge in [0.05, 0.1) is 11.1 Å². The number of hydrogen-bond acceptors (Lipinski definition) is 3. The highest BCUT2D eigenvalue weighted by molar-refractivity contribution is 7.25. The van der Waals surface area contributed by atoms with Gasteiger partial charge in [0, 0.05) is 36.9 Å². The van der Waals surface area contributed by atoms with Gasteiger partial charge in [0.15, 0.2) is 0 Å². The molecule has 2 heterocycles. The average Bonchev–Trinajstić information content (AvgIpc) is 3.73. The lowest BCUT2D eigenvalue weighted by Crippen LogP contribution is -2.10. The summed E-state index contributed by atoms with van der Waals surface area (Å²) in [4.78, 5) is 2.39. The summed E-state index contributed by atoms with van der Waals surface area (Å²) >= 11 is 1.86. The van der Waals surface area contributed by atoms with Crippen molar-refractivity contribution in [2.75, 3.05) is 4.90 Å². The van der Waals surface area contributed by atoms with Crippen LogP contribution in [0.5, 0.6) is 0 Å². The third kappa shape index (κ3) is 4.62. The molecule has 0 radical (unpaired) electrons. The van der Waals surface area contributed by atoms with E-state index in [0.29, 0.717) is 0 Å². The van der Waals surface area contributed by atoms with Gasteiger partial charge in [-0.3, -0.25) is 0 Å². The molecule has 0 saturated carbocycles. The van der Waals surface area contributed by atoms with E-state index in [1.807, 2.05) is 17.4 Å². The van der Waals surface area contributed by atoms with Crippen LogP contribution in [-0.2, 0) is 0 Å². The summed E-state index contributed by atoms with van der Waals surface area (Å²) < 4.78 is 9.01. The first-order valence-electron chi connectivity index (χ1n) is 16.6. The van der Waals surface area contributed by atoms with E-state index in [9.17, 15) is 0 Å². The van der Waals surface area contributed by atoms with Crippen molar-refractivity contribution in [3.63, 3.8) is 0 Å². The summed E-state index contributed by atoms with van der Waals surface area (Å²) in [5, 5.41) is 7.32. The number of thiophene rings is 1. The van der Waals surface area contributed by atoms with Crippen LogP contribution >= 0.6 is 11.3 Å². The number of hydrogen-bond donors (Lipinski definition) is 0. The first-order valence-corrected chi connectivity index (χ1v) is 17.4. The van der Waals surface area contributed by atoms with Crippen LogP contribution in [0, 0.1) is 0 Å². The molecule has 0 aliphatic rings. The summed E-state index contributed by atoms with van der Waals surface area (Å²) in [6, 6.07) is 63.3. The van der Waals surface area contributed by atoms with Gasteiger partial charge in [0.2, 0.25) is 0 Å². The van der Waals surface area contributed by atoms with Crippen molar-refractivity contribution in [2.24, 2.45) is 0 Å². The normalized spacial score (nSPS) is 11.7. The number of para-hydroxylation sites is 1. The molecule has 0 bridgehead atoms. The maximum absolute atomic E-state index is 6.39. The van der Waals surface area contributed by atoms with Crippen molar-refractivity contribution >= 4 is 81.3 Å². The van der Waals surface area contributed by atoms with Crippen molar-refractivity contribution in [3.8, 4) is 22.3 Å². The summed E-state index contributed by atoms with van der Waals surface area (Å²) in [6.07, 6.45) is 0. The Morgan fingerprint density at radius 1 is 0.408 bits per heavy atom. The second-order valence-electron chi connectivity index (χ2n) is 12.5. The quantitative estimate of drug-likeness (QED) is 0.186. The lowest BCUT2D eigenvalue weighted by atomic mass is 9.97. The lowest BCUT2D eigenvalue weighted by molar-refractivity contribution is 0.669. The molecule has 0 saturated heterocycles. The topological polar surface area (TPSA) is 16.4 Å². The van der Waals surface area contributed by atoms with E-state index in [1.54, 1.807) is 0 Å². The predicted octanol–water partition coefficient (Wildman–Crippen LogP) is 13.9. The number of nitrogens with zero attached hydrogens (tertiary/aromatic N) is 1. The second-order valence-corrected chi connectivity index (χ2v) is 13.6. The Balaban J connectivity index is 1.18. The minimum Gasteiger partial charge on any atom is -0.456 e. The Morgan fingerprint density at radius 2 is 1.04 bits per heavy atom. The summed E-state index contributed by atoms with van der Waals surface area (Å²) in [7, 11) is 0. The summed E-state index contributed by atoms with van der Waals surface area (Å²) in [5.41, 5.74) is 9.79. The predicted molar refractivity (Wildman–Crippen MR) is 210 cm³/mol. The SMILES string of the molecule is c1cc(-c2ccc3c(c2)sc2ccccc23)cc(N(c2cccc(-c3cccc4ccccc34)c2)c2cccc3oc4ccccc4c23)c1. The molecule has 0 atom stereocenters. The van der Waals surface area contributed by atoms with E-state index in [2.05, 4.69) is 175 Å². The van der Waals surface area contributed by atoms with Crippen LogP contribution in [0.15, 0.2) is 180 Å². The summed E-state index contributed by atoms with van der Waals surface area (Å²) in [5.74, 6) is 0. The standard InChI is InChI=1S/C46H29NOS/c1-2-17-36-30(11-1)12-9-20-37(36)33-14-8-16-35(28-33)47(41-21-10-23-43-46(41)40-19-3-5-22-42(40)48-43)34-15-7-13-31(27-34)32-25-26-39-38-18-4-6-24-44(38)49-45(39)29-32/h1-29H. The van der Waals surface area contributed by atoms with E-state index >= 15 is 0 Å². The van der Waals surface area contributed by atoms with E-state index in [1.165, 1.54) is 53.2 Å². The molecule has 8 aromatic carbocycles. The molecular formula is C46H29NOS. The molecule has 0 amide bonds. The molecule has 0 N–H and O–H groups in total. The number of fused-ring (bicyclic) bond motifs is 7. The number of anilines is 3. The van der Waals surface area contributed by atoms with Crippen LogP contribution in [0.3, 0.4) is 0 Å². The van der Waals surface area contributed by atoms with Crippen LogP contribution in [0.1, 0.15) is 0 Å². The monoisotopic (exact) mass is 643 g/mol. The number of benzene rings is 8. The largest absolute Gasteiger partial charge is 0.456 e. The van der Waals surface area contributed by atoms with Crippen LogP contribution in [0.4, 0.5) is 17.1 Å². The number of furan rings is 1. The van der Waals surface area contributed by atoms with Crippen molar-refractivity contribution in [2.45, 2.75) is 0 Å². The Kier molecular flexibility index (Phi) is 6.39. The highest BCUT2D eigenvalue weighted by Gasteiger charge is 2.20. The maximum Gasteiger partial charge on any atom is 0.137 e. The third-order valence-electron chi connectivity index (χ3n) is 9.64. The van der Waals surface area contributed by atoms with E-state index in [4.69, 9.17) is 4.42 Å². The Bertz CT molecular complexity index is 2850. The van der Waals surface area contributed by atoms with E-state index < -0.39 is 0 Å². The fourth-order valence-electron chi connectivity index (χ4n) is 7.39. The molecule has 0 unspecified atom stereocenters. The molecule has 10 rings (SSSR count). The van der Waals surface area contributed by atoms with Crippen LogP contribution in [-0.4, -0.2) is 0 Å². The zero-order chi connectivity index (χ0) is 32.3. The van der Waals surface area contributed by atoms with Crippen molar-refractivity contribution in [3.05, 3.63) is 176 Å². The van der Waals surface area contributed by atoms with Crippen molar-refractivity contribution in [1.82, 2.24) is 0 Å². The minimum absolute atomic E-state index is 0.875. The smallest absolute Gasteiger partial charge is 0.137 e. The van der Waals surface area contributed by atoms with Gasteiger partial charge in [-0.05, 0) is 87.6 Å². The Morgan fingerprint density at radius 3 is 1.94 bits per heavy atom. The molecule has 2 aromatic heterocycles. The first kappa shape index (κ1) is 27.9. The zero-order valence-electron chi connectivity index (χ0n) is 26.5. The fraction of sp³-hybridized carbons (Fsp3) is 0. The molecule has 0 fully saturated rings. The molecule has 0 aliphatic heterocycles. The molecule has 230 valence electrons.